The van der Waals surface area contributed by atoms with Crippen molar-refractivity contribution < 1.29 is 43.6 Å². The van der Waals surface area contributed by atoms with E-state index in [9.17, 15) is 39.6 Å². The molecule has 7 nitrogen and oxygen atoms in total. The first-order chi connectivity index (χ1) is 13.1. The Bertz CT molecular complexity index is 1270. The summed E-state index contributed by atoms with van der Waals surface area (Å²) in [7, 11) is -5.91. The normalized spacial score (nSPS) is 13.4. The number of sulfone groups is 1. The zero-order valence-electron chi connectivity index (χ0n) is 13.9. The zero-order valence-corrected chi connectivity index (χ0v) is 15.4. The van der Waals surface area contributed by atoms with Crippen LogP contribution in [0.2, 0.25) is 5.02 Å². The van der Waals surface area contributed by atoms with Gasteiger partial charge in [0.1, 0.15) is 11.3 Å². The standard InChI is InChI=1S/C14H7ClF6N2O5S/c1-5-9(28-12(24)27-5)4-23-8-3-6(29(25,26)14(19,20)21)2-7(15)10(8)22-11(23)13(16,17)18/h2-3H,4H2,1H3. The number of aryl methyl sites for hydroxylation is 1. The van der Waals surface area contributed by atoms with Crippen molar-refractivity contribution in [3.63, 3.8) is 0 Å². The first-order valence-corrected chi connectivity index (χ1v) is 9.17. The third kappa shape index (κ3) is 3.61. The molecule has 158 valence electrons. The van der Waals surface area contributed by atoms with Crippen molar-refractivity contribution in [2.75, 3.05) is 0 Å². The van der Waals surface area contributed by atoms with Crippen LogP contribution in [-0.2, 0) is 22.6 Å². The Balaban J connectivity index is 2.35. The predicted molar refractivity (Wildman–Crippen MR) is 84.1 cm³/mol. The first-order valence-electron chi connectivity index (χ1n) is 7.30. The molecule has 0 aliphatic carbocycles. The van der Waals surface area contributed by atoms with E-state index in [0.29, 0.717) is 16.7 Å². The number of alkyl halides is 6. The molecule has 0 amide bonds. The Morgan fingerprint density at radius 1 is 1.14 bits per heavy atom. The van der Waals surface area contributed by atoms with E-state index in [4.69, 9.17) is 11.6 Å². The highest BCUT2D eigenvalue weighted by Crippen LogP contribution is 2.38. The summed E-state index contributed by atoms with van der Waals surface area (Å²) in [6.07, 6.45) is -5.09. The monoisotopic (exact) mass is 464 g/mol. The Kier molecular flexibility index (Phi) is 4.77. The predicted octanol–water partition coefficient (Wildman–Crippen LogP) is 3.90. The van der Waals surface area contributed by atoms with Crippen LogP contribution in [0.5, 0.6) is 0 Å². The summed E-state index contributed by atoms with van der Waals surface area (Å²) in [5.74, 6) is -3.37. The third-order valence-electron chi connectivity index (χ3n) is 3.79. The third-order valence-corrected chi connectivity index (χ3v) is 5.54. The highest BCUT2D eigenvalue weighted by atomic mass is 35.5. The fourth-order valence-electron chi connectivity index (χ4n) is 2.48. The van der Waals surface area contributed by atoms with Gasteiger partial charge in [0.2, 0.25) is 5.82 Å². The lowest BCUT2D eigenvalue weighted by molar-refractivity contribution is -0.146. The number of nitrogens with zero attached hydrogens (tertiary/aromatic N) is 2. The number of rotatable bonds is 3. The van der Waals surface area contributed by atoms with Crippen molar-refractivity contribution >= 4 is 32.5 Å². The number of hydrogen-bond acceptors (Lipinski definition) is 6. The van der Waals surface area contributed by atoms with Gasteiger partial charge in [0.25, 0.3) is 9.84 Å². The maximum Gasteiger partial charge on any atom is 0.519 e. The van der Waals surface area contributed by atoms with Gasteiger partial charge in [0, 0.05) is 0 Å². The molecule has 0 saturated heterocycles. The van der Waals surface area contributed by atoms with Gasteiger partial charge in [-0.25, -0.2) is 18.2 Å². The molecule has 0 unspecified atom stereocenters. The molecule has 0 bridgehead atoms. The van der Waals surface area contributed by atoms with E-state index in [1.54, 1.807) is 0 Å². The molecule has 0 aliphatic rings. The van der Waals surface area contributed by atoms with Gasteiger partial charge in [0.05, 0.1) is 22.0 Å². The van der Waals surface area contributed by atoms with Crippen molar-refractivity contribution in [2.24, 2.45) is 0 Å². The van der Waals surface area contributed by atoms with Crippen molar-refractivity contribution in [3.8, 4) is 0 Å². The van der Waals surface area contributed by atoms with Crippen LogP contribution in [0.1, 0.15) is 17.3 Å². The molecular formula is C14H7ClF6N2O5S. The second kappa shape index (κ2) is 6.52. The second-order valence-corrected chi connectivity index (χ2v) is 8.02. The Labute approximate surface area is 161 Å². The lowest BCUT2D eigenvalue weighted by Crippen LogP contribution is -2.23. The Morgan fingerprint density at radius 3 is 2.24 bits per heavy atom. The van der Waals surface area contributed by atoms with Crippen LogP contribution < -0.4 is 5.82 Å². The largest absolute Gasteiger partial charge is 0.519 e. The van der Waals surface area contributed by atoms with E-state index >= 15 is 0 Å². The molecule has 15 heteroatoms. The molecule has 0 atom stereocenters. The molecule has 2 heterocycles. The zero-order chi connectivity index (χ0) is 21.9. The summed E-state index contributed by atoms with van der Waals surface area (Å²) in [5, 5.41) is -0.750. The van der Waals surface area contributed by atoms with Crippen molar-refractivity contribution in [1.29, 1.82) is 0 Å². The van der Waals surface area contributed by atoms with E-state index in [2.05, 4.69) is 13.8 Å². The summed E-state index contributed by atoms with van der Waals surface area (Å²) >= 11 is 5.73. The second-order valence-electron chi connectivity index (χ2n) is 5.67. The molecular weight excluding hydrogens is 458 g/mol. The van der Waals surface area contributed by atoms with Gasteiger partial charge in [-0.1, -0.05) is 11.6 Å². The number of aromatic nitrogens is 2. The van der Waals surface area contributed by atoms with Gasteiger partial charge in [-0.3, -0.25) is 0 Å². The molecule has 0 radical (unpaired) electrons. The molecule has 0 saturated carbocycles. The van der Waals surface area contributed by atoms with E-state index in [0.717, 1.165) is 0 Å². The SMILES string of the molecule is Cc1oc(=O)oc1Cn1c(C(F)(F)F)nc2c(Cl)cc(S(=O)(=O)C(F)(F)F)cc21. The first kappa shape index (κ1) is 21.2. The molecule has 0 aliphatic heterocycles. The molecule has 0 N–H and O–H groups in total. The van der Waals surface area contributed by atoms with Crippen molar-refractivity contribution in [2.45, 2.75) is 30.0 Å². The lowest BCUT2D eigenvalue weighted by Gasteiger charge is -2.11. The quantitative estimate of drug-likeness (QED) is 0.545. The smallest absolute Gasteiger partial charge is 0.396 e. The van der Waals surface area contributed by atoms with Crippen LogP contribution in [0.15, 0.2) is 30.7 Å². The molecule has 29 heavy (non-hydrogen) atoms. The Hall–Kier alpha value is -2.48. The van der Waals surface area contributed by atoms with Crippen LogP contribution in [-0.4, -0.2) is 23.5 Å². The van der Waals surface area contributed by atoms with Crippen molar-refractivity contribution in [1.82, 2.24) is 9.55 Å². The van der Waals surface area contributed by atoms with E-state index in [-0.39, 0.29) is 11.5 Å². The van der Waals surface area contributed by atoms with Gasteiger partial charge in [0.15, 0.2) is 5.76 Å². The molecule has 1 aromatic carbocycles. The summed E-state index contributed by atoms with van der Waals surface area (Å²) in [6, 6.07) is 0.716. The summed E-state index contributed by atoms with van der Waals surface area (Å²) in [4.78, 5) is 13.0. The maximum absolute atomic E-state index is 13.4. The number of hydrogen-bond donors (Lipinski definition) is 0. The molecule has 0 fully saturated rings. The minimum atomic E-state index is -5.91. The fraction of sp³-hybridized carbons (Fsp3) is 0.286. The molecule has 0 spiro atoms. The van der Waals surface area contributed by atoms with Gasteiger partial charge in [-0.2, -0.15) is 26.3 Å². The maximum atomic E-state index is 13.4. The van der Waals surface area contributed by atoms with Gasteiger partial charge in [-0.15, -0.1) is 0 Å². The van der Waals surface area contributed by atoms with Crippen LogP contribution in [0, 0.1) is 6.92 Å². The minimum Gasteiger partial charge on any atom is -0.396 e. The lowest BCUT2D eigenvalue weighted by atomic mass is 10.3. The number of halogens is 7. The van der Waals surface area contributed by atoms with Gasteiger partial charge in [-0.05, 0) is 19.1 Å². The van der Waals surface area contributed by atoms with Crippen LogP contribution in [0.3, 0.4) is 0 Å². The van der Waals surface area contributed by atoms with Gasteiger partial charge >= 0.3 is 17.5 Å². The molecule has 3 rings (SSSR count). The highest BCUT2D eigenvalue weighted by molar-refractivity contribution is 7.92. The molecule has 3 aromatic rings. The highest BCUT2D eigenvalue weighted by Gasteiger charge is 2.47. The summed E-state index contributed by atoms with van der Waals surface area (Å²) in [6.45, 7) is 0.369. The van der Waals surface area contributed by atoms with Crippen molar-refractivity contribution in [3.05, 3.63) is 45.1 Å². The van der Waals surface area contributed by atoms with Crippen LogP contribution in [0.4, 0.5) is 26.3 Å². The number of fused-ring (bicyclic) bond motifs is 1. The summed E-state index contributed by atoms with van der Waals surface area (Å²) < 4.78 is 112. The van der Waals surface area contributed by atoms with Crippen LogP contribution >= 0.6 is 11.6 Å². The van der Waals surface area contributed by atoms with Crippen LogP contribution in [0.25, 0.3) is 11.0 Å². The minimum absolute atomic E-state index is 0.185. The Morgan fingerprint density at radius 2 is 1.76 bits per heavy atom. The van der Waals surface area contributed by atoms with Gasteiger partial charge < -0.3 is 13.4 Å². The van der Waals surface area contributed by atoms with E-state index in [1.807, 2.05) is 0 Å². The number of imidazole rings is 1. The number of benzene rings is 1. The van der Waals surface area contributed by atoms with E-state index < -0.39 is 60.7 Å². The average Bonchev–Trinajstić information content (AvgIpc) is 3.07. The topological polar surface area (TPSA) is 95.3 Å². The summed E-state index contributed by atoms with van der Waals surface area (Å²) in [5.41, 5.74) is -6.98. The fourth-order valence-corrected chi connectivity index (χ4v) is 3.61. The average molecular weight is 465 g/mol. The molecule has 2 aromatic heterocycles. The van der Waals surface area contributed by atoms with E-state index in [1.165, 1.54) is 6.92 Å².